The van der Waals surface area contributed by atoms with E-state index in [-0.39, 0.29) is 11.1 Å². The molecule has 0 heterocycles. The van der Waals surface area contributed by atoms with E-state index < -0.39 is 7.60 Å². The summed E-state index contributed by atoms with van der Waals surface area (Å²) in [6, 6.07) is 0. The Kier molecular flexibility index (Phi) is 4.24. The highest BCUT2D eigenvalue weighted by Gasteiger charge is 2.28. The summed E-state index contributed by atoms with van der Waals surface area (Å²) in [5.41, 5.74) is 0. The SMILES string of the molecule is C=C(OC)C(=C)P(=O)(OC)OC. The van der Waals surface area contributed by atoms with Gasteiger partial charge in [0.2, 0.25) is 0 Å². The molecule has 0 saturated heterocycles. The summed E-state index contributed by atoms with van der Waals surface area (Å²) in [4.78, 5) is 0. The molecule has 0 amide bonds. The minimum Gasteiger partial charge on any atom is -0.496 e. The summed E-state index contributed by atoms with van der Waals surface area (Å²) >= 11 is 0. The number of hydrogen-bond donors (Lipinski definition) is 0. The Morgan fingerprint density at radius 2 is 1.58 bits per heavy atom. The second-order valence-corrected chi connectivity index (χ2v) is 4.20. The molecule has 0 radical (unpaired) electrons. The molecule has 5 heteroatoms. The normalized spacial score (nSPS) is 10.9. The quantitative estimate of drug-likeness (QED) is 0.380. The van der Waals surface area contributed by atoms with Crippen LogP contribution in [0.15, 0.2) is 24.2 Å². The van der Waals surface area contributed by atoms with Crippen LogP contribution in [0.3, 0.4) is 0 Å². The summed E-state index contributed by atoms with van der Waals surface area (Å²) in [6.07, 6.45) is 0. The van der Waals surface area contributed by atoms with E-state index in [0.29, 0.717) is 0 Å². The molecule has 0 rings (SSSR count). The van der Waals surface area contributed by atoms with Crippen molar-refractivity contribution in [3.63, 3.8) is 0 Å². The van der Waals surface area contributed by atoms with Gasteiger partial charge in [-0.2, -0.15) is 0 Å². The van der Waals surface area contributed by atoms with Crippen molar-refractivity contribution in [2.45, 2.75) is 0 Å². The molecule has 0 saturated carbocycles. The minimum atomic E-state index is -3.26. The van der Waals surface area contributed by atoms with Gasteiger partial charge in [0.05, 0.1) is 12.4 Å². The van der Waals surface area contributed by atoms with Crippen LogP contribution >= 0.6 is 7.60 Å². The second kappa shape index (κ2) is 4.45. The molecule has 0 bridgehead atoms. The zero-order valence-corrected chi connectivity index (χ0v) is 8.39. The highest BCUT2D eigenvalue weighted by Crippen LogP contribution is 2.56. The van der Waals surface area contributed by atoms with Crippen molar-refractivity contribution in [3.8, 4) is 0 Å². The highest BCUT2D eigenvalue weighted by atomic mass is 31.2. The Balaban J connectivity index is 4.66. The summed E-state index contributed by atoms with van der Waals surface area (Å²) in [7, 11) is 0.694. The monoisotopic (exact) mass is 192 g/mol. The van der Waals surface area contributed by atoms with Gasteiger partial charge < -0.3 is 13.8 Å². The van der Waals surface area contributed by atoms with Gasteiger partial charge in [0.25, 0.3) is 0 Å². The Morgan fingerprint density at radius 1 is 1.17 bits per heavy atom. The Labute approximate surface area is 72.4 Å². The lowest BCUT2D eigenvalue weighted by Gasteiger charge is -2.16. The molecule has 0 fully saturated rings. The molecule has 0 aromatic heterocycles. The Hall–Kier alpha value is -0.570. The van der Waals surface area contributed by atoms with E-state index in [2.05, 4.69) is 22.2 Å². The van der Waals surface area contributed by atoms with Crippen LogP contribution in [0, 0.1) is 0 Å². The molecule has 0 N–H and O–H groups in total. The van der Waals surface area contributed by atoms with E-state index in [0.717, 1.165) is 0 Å². The standard InChI is InChI=1S/C7H13O4P/c1-6(9-3)7(2)12(8,10-4)11-5/h1-2H2,3-5H3. The maximum Gasteiger partial charge on any atom is 0.363 e. The first-order valence-electron chi connectivity index (χ1n) is 3.16. The third-order valence-corrected chi connectivity index (χ3v) is 3.25. The van der Waals surface area contributed by atoms with E-state index >= 15 is 0 Å². The lowest BCUT2D eigenvalue weighted by atomic mass is 10.5. The van der Waals surface area contributed by atoms with Crippen molar-refractivity contribution in [1.82, 2.24) is 0 Å². The van der Waals surface area contributed by atoms with Gasteiger partial charge >= 0.3 is 7.60 Å². The van der Waals surface area contributed by atoms with Crippen LogP contribution < -0.4 is 0 Å². The molecule has 0 atom stereocenters. The summed E-state index contributed by atoms with van der Waals surface area (Å²) in [5.74, 6) is 0.196. The van der Waals surface area contributed by atoms with Crippen molar-refractivity contribution in [2.24, 2.45) is 0 Å². The van der Waals surface area contributed by atoms with Gasteiger partial charge in [0, 0.05) is 14.2 Å². The van der Waals surface area contributed by atoms with Gasteiger partial charge in [0.1, 0.15) is 5.76 Å². The first kappa shape index (κ1) is 11.4. The number of hydrogen-bond acceptors (Lipinski definition) is 4. The lowest BCUT2D eigenvalue weighted by Crippen LogP contribution is -1.95. The van der Waals surface area contributed by atoms with E-state index in [9.17, 15) is 4.57 Å². The van der Waals surface area contributed by atoms with Gasteiger partial charge in [0.15, 0.2) is 0 Å². The van der Waals surface area contributed by atoms with Gasteiger partial charge in [-0.05, 0) is 0 Å². The molecule has 0 aliphatic rings. The highest BCUT2D eigenvalue weighted by molar-refractivity contribution is 7.58. The number of rotatable bonds is 5. The maximum atomic E-state index is 11.6. The van der Waals surface area contributed by atoms with Gasteiger partial charge in [-0.15, -0.1) is 0 Å². The number of ether oxygens (including phenoxy) is 1. The van der Waals surface area contributed by atoms with E-state index in [1.807, 2.05) is 0 Å². The number of allylic oxidation sites excluding steroid dienone is 1. The van der Waals surface area contributed by atoms with Gasteiger partial charge in [-0.25, -0.2) is 0 Å². The molecule has 0 unspecified atom stereocenters. The number of methoxy groups -OCH3 is 1. The zero-order valence-electron chi connectivity index (χ0n) is 7.49. The maximum absolute atomic E-state index is 11.6. The van der Waals surface area contributed by atoms with Gasteiger partial charge in [-0.3, -0.25) is 4.57 Å². The zero-order chi connectivity index (χ0) is 9.78. The molecule has 70 valence electrons. The molecule has 4 nitrogen and oxygen atoms in total. The average Bonchev–Trinajstić information content (AvgIpc) is 2.14. The average molecular weight is 192 g/mol. The molecular weight excluding hydrogens is 179 g/mol. The Bertz CT molecular complexity index is 226. The first-order chi connectivity index (χ1) is 5.51. The van der Waals surface area contributed by atoms with Crippen LogP contribution in [-0.4, -0.2) is 21.3 Å². The molecular formula is C7H13O4P. The van der Waals surface area contributed by atoms with Crippen LogP contribution in [0.5, 0.6) is 0 Å². The summed E-state index contributed by atoms with van der Waals surface area (Å²) < 4.78 is 25.6. The molecule has 0 aromatic carbocycles. The van der Waals surface area contributed by atoms with E-state index in [1.165, 1.54) is 21.3 Å². The van der Waals surface area contributed by atoms with E-state index in [4.69, 9.17) is 4.74 Å². The fraction of sp³-hybridized carbons (Fsp3) is 0.429. The molecule has 0 spiro atoms. The molecule has 0 aromatic rings. The fourth-order valence-electron chi connectivity index (χ4n) is 0.565. The third-order valence-electron chi connectivity index (χ3n) is 1.38. The first-order valence-corrected chi connectivity index (χ1v) is 4.70. The van der Waals surface area contributed by atoms with Gasteiger partial charge in [-0.1, -0.05) is 13.2 Å². The lowest BCUT2D eigenvalue weighted by molar-refractivity contribution is 0.270. The van der Waals surface area contributed by atoms with Crippen LogP contribution in [0.4, 0.5) is 0 Å². The molecule has 0 aliphatic heterocycles. The van der Waals surface area contributed by atoms with Crippen molar-refractivity contribution in [1.29, 1.82) is 0 Å². The van der Waals surface area contributed by atoms with E-state index in [1.54, 1.807) is 0 Å². The van der Waals surface area contributed by atoms with Crippen molar-refractivity contribution in [3.05, 3.63) is 24.2 Å². The van der Waals surface area contributed by atoms with Crippen LogP contribution in [0.25, 0.3) is 0 Å². The molecule has 12 heavy (non-hydrogen) atoms. The van der Waals surface area contributed by atoms with Crippen molar-refractivity contribution < 1.29 is 18.3 Å². The minimum absolute atomic E-state index is 0.134. The van der Waals surface area contributed by atoms with Crippen LogP contribution in [0.1, 0.15) is 0 Å². The summed E-state index contributed by atoms with van der Waals surface area (Å²) in [6.45, 7) is 6.98. The second-order valence-electron chi connectivity index (χ2n) is 1.94. The third kappa shape index (κ3) is 2.21. The van der Waals surface area contributed by atoms with Crippen molar-refractivity contribution in [2.75, 3.05) is 21.3 Å². The fourth-order valence-corrected chi connectivity index (χ4v) is 1.55. The topological polar surface area (TPSA) is 44.8 Å². The predicted molar refractivity (Wildman–Crippen MR) is 46.9 cm³/mol. The Morgan fingerprint density at radius 3 is 1.83 bits per heavy atom. The van der Waals surface area contributed by atoms with Crippen LogP contribution in [-0.2, 0) is 18.3 Å². The smallest absolute Gasteiger partial charge is 0.363 e. The summed E-state index contributed by atoms with van der Waals surface area (Å²) in [5, 5.41) is 0.134. The largest absolute Gasteiger partial charge is 0.496 e. The predicted octanol–water partition coefficient (Wildman–Crippen LogP) is 2.15. The van der Waals surface area contributed by atoms with Crippen molar-refractivity contribution >= 4 is 7.60 Å². The molecule has 0 aliphatic carbocycles. The van der Waals surface area contributed by atoms with Crippen LogP contribution in [0.2, 0.25) is 0 Å².